The highest BCUT2D eigenvalue weighted by atomic mass is 32.1. The summed E-state index contributed by atoms with van der Waals surface area (Å²) >= 11 is 1.48. The summed E-state index contributed by atoms with van der Waals surface area (Å²) in [5.41, 5.74) is 1.50. The Morgan fingerprint density at radius 1 is 1.22 bits per heavy atom. The molecule has 4 nitrogen and oxygen atoms in total. The second kappa shape index (κ2) is 7.59. The third-order valence-electron chi connectivity index (χ3n) is 3.50. The molecule has 124 valence electrons. The van der Waals surface area contributed by atoms with Gasteiger partial charge in [-0.15, -0.1) is 11.3 Å². The zero-order valence-electron chi connectivity index (χ0n) is 14.4. The van der Waals surface area contributed by atoms with Crippen LogP contribution in [-0.4, -0.2) is 35.5 Å². The number of carbonyl (C=O) groups excluding carboxylic acids is 1. The molecule has 5 heteroatoms. The van der Waals surface area contributed by atoms with Crippen LogP contribution >= 0.6 is 11.3 Å². The highest BCUT2D eigenvalue weighted by molar-refractivity contribution is 7.13. The average Bonchev–Trinajstić information content (AvgIpc) is 3.01. The van der Waals surface area contributed by atoms with Gasteiger partial charge in [-0.05, 0) is 44.0 Å². The lowest BCUT2D eigenvalue weighted by Gasteiger charge is -2.19. The fraction of sp³-hybridized carbons (Fsp3) is 0.444. The molecule has 1 heterocycles. The monoisotopic (exact) mass is 332 g/mol. The summed E-state index contributed by atoms with van der Waals surface area (Å²) in [5, 5.41) is 2.67. The van der Waals surface area contributed by atoms with Crippen LogP contribution in [0.25, 0.3) is 10.6 Å². The van der Waals surface area contributed by atoms with Crippen LogP contribution in [0.2, 0.25) is 0 Å². The standard InChI is InChI=1S/C18H24N2O2S/c1-12(2)10-22-15-8-6-14(7-9-15)17-19-16(11-23-17)18(21)20(5)13(3)4/h6-9,11-13H,10H2,1-5H3. The van der Waals surface area contributed by atoms with Gasteiger partial charge in [0.15, 0.2) is 0 Å². The van der Waals surface area contributed by atoms with Crippen molar-refractivity contribution in [3.63, 3.8) is 0 Å². The van der Waals surface area contributed by atoms with Gasteiger partial charge >= 0.3 is 0 Å². The fourth-order valence-electron chi connectivity index (χ4n) is 1.88. The van der Waals surface area contributed by atoms with Gasteiger partial charge in [-0.2, -0.15) is 0 Å². The second-order valence-electron chi connectivity index (χ2n) is 6.28. The van der Waals surface area contributed by atoms with Crippen molar-refractivity contribution < 1.29 is 9.53 Å². The van der Waals surface area contributed by atoms with E-state index in [2.05, 4.69) is 18.8 Å². The Labute approximate surface area is 142 Å². The Kier molecular flexibility index (Phi) is 5.77. The van der Waals surface area contributed by atoms with Crippen molar-refractivity contribution in [2.75, 3.05) is 13.7 Å². The molecule has 0 fully saturated rings. The number of benzene rings is 1. The SMILES string of the molecule is CC(C)COc1ccc(-c2nc(C(=O)N(C)C(C)C)cs2)cc1. The topological polar surface area (TPSA) is 42.4 Å². The van der Waals surface area contributed by atoms with E-state index in [0.717, 1.165) is 16.3 Å². The Balaban J connectivity index is 2.10. The quantitative estimate of drug-likeness (QED) is 0.791. The van der Waals surface area contributed by atoms with Gasteiger partial charge < -0.3 is 9.64 Å². The second-order valence-corrected chi connectivity index (χ2v) is 7.14. The van der Waals surface area contributed by atoms with Crippen LogP contribution in [0.15, 0.2) is 29.6 Å². The Bertz CT molecular complexity index is 647. The van der Waals surface area contributed by atoms with E-state index >= 15 is 0 Å². The molecule has 0 aliphatic rings. The summed E-state index contributed by atoms with van der Waals surface area (Å²) in [6.45, 7) is 8.92. The highest BCUT2D eigenvalue weighted by Gasteiger charge is 2.18. The van der Waals surface area contributed by atoms with Crippen LogP contribution < -0.4 is 4.74 Å². The fourth-order valence-corrected chi connectivity index (χ4v) is 2.68. The molecule has 1 aromatic heterocycles. The maximum Gasteiger partial charge on any atom is 0.273 e. The molecule has 0 saturated carbocycles. The minimum Gasteiger partial charge on any atom is -0.493 e. The van der Waals surface area contributed by atoms with Crippen LogP contribution in [0.4, 0.5) is 0 Å². The lowest BCUT2D eigenvalue weighted by Crippen LogP contribution is -2.33. The predicted octanol–water partition coefficient (Wildman–Crippen LogP) is 4.33. The number of thiazole rings is 1. The minimum absolute atomic E-state index is 0.0422. The number of nitrogens with zero attached hydrogens (tertiary/aromatic N) is 2. The molecule has 0 aliphatic heterocycles. The van der Waals surface area contributed by atoms with Crippen molar-refractivity contribution >= 4 is 17.2 Å². The normalized spacial score (nSPS) is 11.1. The Morgan fingerprint density at radius 3 is 2.43 bits per heavy atom. The van der Waals surface area contributed by atoms with Gasteiger partial charge in [0.2, 0.25) is 0 Å². The van der Waals surface area contributed by atoms with Crippen LogP contribution in [0, 0.1) is 5.92 Å². The third kappa shape index (κ3) is 4.55. The molecule has 23 heavy (non-hydrogen) atoms. The van der Waals surface area contributed by atoms with E-state index in [0.29, 0.717) is 18.2 Å². The first-order chi connectivity index (χ1) is 10.9. The number of rotatable bonds is 6. The summed E-state index contributed by atoms with van der Waals surface area (Å²) in [6.07, 6.45) is 0. The van der Waals surface area contributed by atoms with E-state index in [1.807, 2.05) is 43.5 Å². The molecule has 0 aliphatic carbocycles. The molecule has 0 N–H and O–H groups in total. The summed E-state index contributed by atoms with van der Waals surface area (Å²) in [5.74, 6) is 1.31. The molecular formula is C18H24N2O2S. The zero-order chi connectivity index (χ0) is 17.0. The number of amides is 1. The molecule has 0 radical (unpaired) electrons. The molecular weight excluding hydrogens is 308 g/mol. The van der Waals surface area contributed by atoms with Gasteiger partial charge in [-0.1, -0.05) is 13.8 Å². The summed E-state index contributed by atoms with van der Waals surface area (Å²) in [6, 6.07) is 8.01. The first-order valence-corrected chi connectivity index (χ1v) is 8.72. The summed E-state index contributed by atoms with van der Waals surface area (Å²) in [7, 11) is 1.80. The maximum atomic E-state index is 12.3. The average molecular weight is 332 g/mol. The lowest BCUT2D eigenvalue weighted by molar-refractivity contribution is 0.0750. The molecule has 0 saturated heterocycles. The van der Waals surface area contributed by atoms with E-state index in [9.17, 15) is 4.79 Å². The molecule has 1 aromatic carbocycles. The van der Waals surface area contributed by atoms with Crippen molar-refractivity contribution in [3.05, 3.63) is 35.3 Å². The van der Waals surface area contributed by atoms with E-state index in [4.69, 9.17) is 4.74 Å². The number of ether oxygens (including phenoxy) is 1. The first-order valence-electron chi connectivity index (χ1n) is 7.84. The Hall–Kier alpha value is -1.88. The van der Waals surface area contributed by atoms with Crippen molar-refractivity contribution in [1.82, 2.24) is 9.88 Å². The third-order valence-corrected chi connectivity index (χ3v) is 4.39. The van der Waals surface area contributed by atoms with Crippen molar-refractivity contribution in [2.24, 2.45) is 5.92 Å². The molecule has 2 aromatic rings. The number of aromatic nitrogens is 1. The van der Waals surface area contributed by atoms with Crippen molar-refractivity contribution in [3.8, 4) is 16.3 Å². The number of hydrogen-bond donors (Lipinski definition) is 0. The van der Waals surface area contributed by atoms with Gasteiger partial charge in [0.05, 0.1) is 6.61 Å². The predicted molar refractivity (Wildman–Crippen MR) is 95.1 cm³/mol. The minimum atomic E-state index is -0.0422. The number of hydrogen-bond acceptors (Lipinski definition) is 4. The molecule has 1 amide bonds. The van der Waals surface area contributed by atoms with Gasteiger partial charge in [0, 0.05) is 24.0 Å². The van der Waals surface area contributed by atoms with E-state index in [1.165, 1.54) is 11.3 Å². The molecule has 0 unspecified atom stereocenters. The van der Waals surface area contributed by atoms with E-state index < -0.39 is 0 Å². The van der Waals surface area contributed by atoms with Crippen LogP contribution in [-0.2, 0) is 0 Å². The van der Waals surface area contributed by atoms with Crippen LogP contribution in [0.1, 0.15) is 38.2 Å². The van der Waals surface area contributed by atoms with Crippen molar-refractivity contribution in [2.45, 2.75) is 33.7 Å². The number of carbonyl (C=O) groups is 1. The van der Waals surface area contributed by atoms with Gasteiger partial charge in [-0.25, -0.2) is 4.98 Å². The maximum absolute atomic E-state index is 12.3. The van der Waals surface area contributed by atoms with Gasteiger partial charge in [-0.3, -0.25) is 4.79 Å². The zero-order valence-corrected chi connectivity index (χ0v) is 15.2. The Morgan fingerprint density at radius 2 is 1.87 bits per heavy atom. The smallest absolute Gasteiger partial charge is 0.273 e. The highest BCUT2D eigenvalue weighted by Crippen LogP contribution is 2.26. The largest absolute Gasteiger partial charge is 0.493 e. The van der Waals surface area contributed by atoms with Crippen LogP contribution in [0.5, 0.6) is 5.75 Å². The van der Waals surface area contributed by atoms with Gasteiger partial charge in [0.25, 0.3) is 5.91 Å². The summed E-state index contributed by atoms with van der Waals surface area (Å²) < 4.78 is 5.68. The van der Waals surface area contributed by atoms with Gasteiger partial charge in [0.1, 0.15) is 16.5 Å². The first kappa shape index (κ1) is 17.5. The molecule has 0 bridgehead atoms. The van der Waals surface area contributed by atoms with E-state index in [-0.39, 0.29) is 11.9 Å². The molecule has 0 atom stereocenters. The van der Waals surface area contributed by atoms with Crippen LogP contribution in [0.3, 0.4) is 0 Å². The molecule has 2 rings (SSSR count). The van der Waals surface area contributed by atoms with Crippen molar-refractivity contribution in [1.29, 1.82) is 0 Å². The lowest BCUT2D eigenvalue weighted by atomic mass is 10.2. The summed E-state index contributed by atoms with van der Waals surface area (Å²) in [4.78, 5) is 18.5. The van der Waals surface area contributed by atoms with E-state index in [1.54, 1.807) is 11.9 Å². The molecule has 0 spiro atoms.